The molecule has 3 rings (SSSR count). The van der Waals surface area contributed by atoms with Crippen LogP contribution in [0.25, 0.3) is 0 Å². The number of ether oxygens (including phenoxy) is 2. The van der Waals surface area contributed by atoms with Gasteiger partial charge >= 0.3 is 0 Å². The summed E-state index contributed by atoms with van der Waals surface area (Å²) in [5, 5.41) is 0. The van der Waals surface area contributed by atoms with Gasteiger partial charge in [-0.1, -0.05) is 28.1 Å². The van der Waals surface area contributed by atoms with Gasteiger partial charge in [0.15, 0.2) is 0 Å². The van der Waals surface area contributed by atoms with Crippen LogP contribution in [-0.4, -0.2) is 13.2 Å². The van der Waals surface area contributed by atoms with E-state index in [2.05, 4.69) is 22.0 Å². The molecule has 2 N–H and O–H groups in total. The smallest absolute Gasteiger partial charge is 0.124 e. The fraction of sp³-hybridized carbons (Fsp3) is 0.294. The van der Waals surface area contributed by atoms with Crippen molar-refractivity contribution < 1.29 is 9.47 Å². The summed E-state index contributed by atoms with van der Waals surface area (Å²) in [6.45, 7) is 3.36. The highest BCUT2D eigenvalue weighted by atomic mass is 79.9. The monoisotopic (exact) mass is 347 g/mol. The molecule has 0 radical (unpaired) electrons. The van der Waals surface area contributed by atoms with Crippen LogP contribution in [0.1, 0.15) is 29.7 Å². The van der Waals surface area contributed by atoms with Gasteiger partial charge in [0.25, 0.3) is 0 Å². The van der Waals surface area contributed by atoms with E-state index < -0.39 is 0 Å². The number of halogens is 1. The van der Waals surface area contributed by atoms with Crippen LogP contribution >= 0.6 is 15.9 Å². The van der Waals surface area contributed by atoms with Crippen LogP contribution in [0.5, 0.6) is 11.5 Å². The van der Waals surface area contributed by atoms with Gasteiger partial charge in [0, 0.05) is 16.5 Å². The zero-order chi connectivity index (χ0) is 14.8. The lowest BCUT2D eigenvalue weighted by Crippen LogP contribution is -2.14. The lowest BCUT2D eigenvalue weighted by Gasteiger charge is -2.18. The molecule has 0 aromatic heterocycles. The summed E-state index contributed by atoms with van der Waals surface area (Å²) in [6, 6.07) is 11.9. The highest BCUT2D eigenvalue weighted by molar-refractivity contribution is 9.10. The predicted molar refractivity (Wildman–Crippen MR) is 87.0 cm³/mol. The van der Waals surface area contributed by atoms with Crippen LogP contribution in [0.2, 0.25) is 0 Å². The van der Waals surface area contributed by atoms with E-state index in [0.717, 1.165) is 40.1 Å². The van der Waals surface area contributed by atoms with Gasteiger partial charge in [-0.3, -0.25) is 0 Å². The van der Waals surface area contributed by atoms with Crippen LogP contribution in [0.15, 0.2) is 40.9 Å². The molecule has 1 aliphatic heterocycles. The lowest BCUT2D eigenvalue weighted by molar-refractivity contribution is 0.335. The number of rotatable bonds is 4. The Morgan fingerprint density at radius 2 is 2.14 bits per heavy atom. The average molecular weight is 348 g/mol. The Morgan fingerprint density at radius 1 is 1.29 bits per heavy atom. The molecule has 1 heterocycles. The maximum absolute atomic E-state index is 6.47. The van der Waals surface area contributed by atoms with Crippen LogP contribution in [0.4, 0.5) is 0 Å². The van der Waals surface area contributed by atoms with Crippen LogP contribution in [-0.2, 0) is 6.42 Å². The molecule has 3 nitrogen and oxygen atoms in total. The first-order valence-corrected chi connectivity index (χ1v) is 7.91. The molecule has 110 valence electrons. The third-order valence-electron chi connectivity index (χ3n) is 3.68. The largest absolute Gasteiger partial charge is 0.494 e. The molecule has 0 spiro atoms. The first-order chi connectivity index (χ1) is 10.2. The highest BCUT2D eigenvalue weighted by Gasteiger charge is 2.18. The van der Waals surface area contributed by atoms with Crippen molar-refractivity contribution in [3.05, 3.63) is 57.6 Å². The van der Waals surface area contributed by atoms with Crippen molar-refractivity contribution >= 4 is 15.9 Å². The Morgan fingerprint density at radius 3 is 2.95 bits per heavy atom. The van der Waals surface area contributed by atoms with E-state index in [4.69, 9.17) is 15.2 Å². The molecule has 0 bridgehead atoms. The van der Waals surface area contributed by atoms with E-state index in [1.54, 1.807) is 0 Å². The summed E-state index contributed by atoms with van der Waals surface area (Å²) >= 11 is 3.51. The first-order valence-electron chi connectivity index (χ1n) is 7.12. The molecule has 1 atom stereocenters. The Bertz CT molecular complexity index is 657. The summed E-state index contributed by atoms with van der Waals surface area (Å²) in [5.41, 5.74) is 9.77. The second-order valence-corrected chi connectivity index (χ2v) is 5.97. The van der Waals surface area contributed by atoms with Crippen LogP contribution < -0.4 is 15.2 Å². The van der Waals surface area contributed by atoms with Crippen molar-refractivity contribution in [3.8, 4) is 11.5 Å². The number of nitrogens with two attached hydrogens (primary N) is 1. The molecule has 21 heavy (non-hydrogen) atoms. The second kappa shape index (κ2) is 6.08. The summed E-state index contributed by atoms with van der Waals surface area (Å²) in [7, 11) is 0. The van der Waals surface area contributed by atoms with E-state index in [0.29, 0.717) is 6.61 Å². The molecule has 0 aliphatic carbocycles. The number of hydrogen-bond acceptors (Lipinski definition) is 3. The maximum atomic E-state index is 6.47. The quantitative estimate of drug-likeness (QED) is 0.913. The topological polar surface area (TPSA) is 44.5 Å². The fourth-order valence-corrected chi connectivity index (χ4v) is 3.01. The summed E-state index contributed by atoms with van der Waals surface area (Å²) in [6.07, 6.45) is 0.951. The molecule has 1 unspecified atom stereocenters. The maximum Gasteiger partial charge on any atom is 0.124 e. The molecular weight excluding hydrogens is 330 g/mol. The van der Waals surface area contributed by atoms with Gasteiger partial charge in [-0.2, -0.15) is 0 Å². The van der Waals surface area contributed by atoms with Crippen molar-refractivity contribution in [3.63, 3.8) is 0 Å². The minimum Gasteiger partial charge on any atom is -0.494 e. The number of fused-ring (bicyclic) bond motifs is 1. The molecule has 0 fully saturated rings. The Kier molecular flexibility index (Phi) is 4.17. The normalized spacial score (nSPS) is 14.4. The summed E-state index contributed by atoms with van der Waals surface area (Å²) < 4.78 is 12.2. The molecule has 4 heteroatoms. The molecule has 0 saturated heterocycles. The number of hydrogen-bond donors (Lipinski definition) is 1. The number of benzene rings is 2. The Hall–Kier alpha value is -1.52. The fourth-order valence-electron chi connectivity index (χ4n) is 2.63. The van der Waals surface area contributed by atoms with E-state index >= 15 is 0 Å². The molecule has 2 aromatic carbocycles. The van der Waals surface area contributed by atoms with Gasteiger partial charge in [0.2, 0.25) is 0 Å². The van der Waals surface area contributed by atoms with Crippen molar-refractivity contribution in [1.29, 1.82) is 0 Å². The molecule has 0 amide bonds. The minimum absolute atomic E-state index is 0.213. The molecule has 1 aliphatic rings. The molecular formula is C17H18BrNO2. The van der Waals surface area contributed by atoms with Gasteiger partial charge < -0.3 is 15.2 Å². The van der Waals surface area contributed by atoms with Gasteiger partial charge in [-0.05, 0) is 42.3 Å². The van der Waals surface area contributed by atoms with Crippen molar-refractivity contribution in [2.45, 2.75) is 19.4 Å². The van der Waals surface area contributed by atoms with E-state index in [1.807, 2.05) is 37.3 Å². The zero-order valence-electron chi connectivity index (χ0n) is 11.9. The Balaban J connectivity index is 1.97. The lowest BCUT2D eigenvalue weighted by atomic mass is 9.96. The first kappa shape index (κ1) is 14.4. The predicted octanol–water partition coefficient (Wildman–Crippen LogP) is 3.83. The Labute approximate surface area is 133 Å². The average Bonchev–Trinajstić information content (AvgIpc) is 2.96. The van der Waals surface area contributed by atoms with E-state index in [-0.39, 0.29) is 6.04 Å². The van der Waals surface area contributed by atoms with Gasteiger partial charge in [0.1, 0.15) is 11.5 Å². The van der Waals surface area contributed by atoms with Gasteiger partial charge in [-0.15, -0.1) is 0 Å². The van der Waals surface area contributed by atoms with Crippen molar-refractivity contribution in [2.75, 3.05) is 13.2 Å². The third-order valence-corrected chi connectivity index (χ3v) is 4.17. The molecule has 2 aromatic rings. The summed E-state index contributed by atoms with van der Waals surface area (Å²) in [4.78, 5) is 0. The minimum atomic E-state index is -0.213. The van der Waals surface area contributed by atoms with E-state index in [1.165, 1.54) is 5.56 Å². The van der Waals surface area contributed by atoms with Crippen LogP contribution in [0.3, 0.4) is 0 Å². The van der Waals surface area contributed by atoms with Crippen molar-refractivity contribution in [1.82, 2.24) is 0 Å². The third kappa shape index (κ3) is 2.92. The van der Waals surface area contributed by atoms with Gasteiger partial charge in [-0.25, -0.2) is 0 Å². The zero-order valence-corrected chi connectivity index (χ0v) is 13.5. The molecule has 0 saturated carbocycles. The summed E-state index contributed by atoms with van der Waals surface area (Å²) in [5.74, 6) is 1.81. The SMILES string of the molecule is CCOc1ccc(Br)cc1C(N)c1ccc2c(c1)CCO2. The highest BCUT2D eigenvalue weighted by Crippen LogP contribution is 2.34. The second-order valence-electron chi connectivity index (χ2n) is 5.06. The van der Waals surface area contributed by atoms with Gasteiger partial charge in [0.05, 0.1) is 19.3 Å². The standard InChI is InChI=1S/C17H18BrNO2/c1-2-20-16-6-4-13(18)10-14(16)17(19)12-3-5-15-11(9-12)7-8-21-15/h3-6,9-10,17H,2,7-8,19H2,1H3. The van der Waals surface area contributed by atoms with E-state index in [9.17, 15) is 0 Å². The van der Waals surface area contributed by atoms with Crippen molar-refractivity contribution in [2.24, 2.45) is 5.73 Å². The van der Waals surface area contributed by atoms with Crippen LogP contribution in [0, 0.1) is 0 Å².